The Kier molecular flexibility index (Phi) is 3.65. The first-order valence-electron chi connectivity index (χ1n) is 7.04. The van der Waals surface area contributed by atoms with Gasteiger partial charge < -0.3 is 10.2 Å². The van der Waals surface area contributed by atoms with Crippen LogP contribution in [0.2, 0.25) is 0 Å². The molecule has 0 spiro atoms. The van der Waals surface area contributed by atoms with Crippen molar-refractivity contribution in [1.82, 2.24) is 15.0 Å². The quantitative estimate of drug-likeness (QED) is 0.806. The zero-order valence-electron chi connectivity index (χ0n) is 12.0. The van der Waals surface area contributed by atoms with Gasteiger partial charge in [0.2, 0.25) is 0 Å². The average molecular weight is 315 g/mol. The molecular formula is C15H13N3O5. The van der Waals surface area contributed by atoms with Crippen LogP contribution in [-0.4, -0.2) is 43.4 Å². The molecule has 3 rings (SSSR count). The Morgan fingerprint density at radius 3 is 2.17 bits per heavy atom. The monoisotopic (exact) mass is 315 g/mol. The first-order chi connectivity index (χ1) is 11.0. The minimum atomic E-state index is -1.24. The van der Waals surface area contributed by atoms with Gasteiger partial charge in [0.05, 0.1) is 22.5 Å². The number of nitrogens with zero attached hydrogens (tertiary/aromatic N) is 3. The lowest BCUT2D eigenvalue weighted by molar-refractivity contribution is 0.0696. The molecule has 2 N–H and O–H groups in total. The molecule has 1 fully saturated rings. The van der Waals surface area contributed by atoms with E-state index in [0.29, 0.717) is 12.0 Å². The molecule has 23 heavy (non-hydrogen) atoms. The Bertz CT molecular complexity index is 775. The zero-order chi connectivity index (χ0) is 16.6. The number of aldehydes is 1. The van der Waals surface area contributed by atoms with Crippen LogP contribution in [0.5, 0.6) is 0 Å². The molecule has 0 aliphatic heterocycles. The maximum absolute atomic E-state index is 11.2. The highest BCUT2D eigenvalue weighted by Gasteiger charge is 2.28. The van der Waals surface area contributed by atoms with Crippen LogP contribution in [0, 0.1) is 0 Å². The van der Waals surface area contributed by atoms with Gasteiger partial charge in [-0.2, -0.15) is 0 Å². The van der Waals surface area contributed by atoms with Crippen molar-refractivity contribution in [1.29, 1.82) is 0 Å². The van der Waals surface area contributed by atoms with Crippen LogP contribution in [0.4, 0.5) is 0 Å². The van der Waals surface area contributed by atoms with Gasteiger partial charge >= 0.3 is 11.9 Å². The maximum atomic E-state index is 11.2. The van der Waals surface area contributed by atoms with Gasteiger partial charge in [0.1, 0.15) is 5.69 Å². The Balaban J connectivity index is 2.18. The second-order valence-corrected chi connectivity index (χ2v) is 5.40. The molecule has 1 heterocycles. The number of benzene rings is 1. The van der Waals surface area contributed by atoms with E-state index in [1.54, 1.807) is 0 Å². The summed E-state index contributed by atoms with van der Waals surface area (Å²) in [6, 6.07) is 3.72. The molecule has 1 aliphatic carbocycles. The van der Waals surface area contributed by atoms with E-state index in [1.165, 1.54) is 16.8 Å². The van der Waals surface area contributed by atoms with E-state index in [2.05, 4.69) is 10.3 Å². The fourth-order valence-electron chi connectivity index (χ4n) is 2.62. The number of carboxylic acid groups (broad SMARTS) is 2. The minimum absolute atomic E-state index is 0.118. The van der Waals surface area contributed by atoms with Crippen molar-refractivity contribution in [3.05, 3.63) is 40.7 Å². The number of carboxylic acids is 2. The number of aromatic carboxylic acids is 2. The first-order valence-corrected chi connectivity index (χ1v) is 7.04. The van der Waals surface area contributed by atoms with Crippen LogP contribution in [0.15, 0.2) is 18.2 Å². The van der Waals surface area contributed by atoms with Gasteiger partial charge in [0.25, 0.3) is 0 Å². The molecular weight excluding hydrogens is 302 g/mol. The lowest BCUT2D eigenvalue weighted by atomic mass is 9.82. The zero-order valence-corrected chi connectivity index (χ0v) is 12.0. The van der Waals surface area contributed by atoms with Crippen LogP contribution in [0.3, 0.4) is 0 Å². The first kappa shape index (κ1) is 14.9. The summed E-state index contributed by atoms with van der Waals surface area (Å²) < 4.78 is 1.37. The van der Waals surface area contributed by atoms with E-state index in [1.807, 2.05) is 0 Å². The minimum Gasteiger partial charge on any atom is -0.478 e. The smallest absolute Gasteiger partial charge is 0.335 e. The molecule has 0 unspecified atom stereocenters. The molecule has 118 valence electrons. The van der Waals surface area contributed by atoms with Crippen LogP contribution >= 0.6 is 0 Å². The lowest BCUT2D eigenvalue weighted by Gasteiger charge is -2.26. The topological polar surface area (TPSA) is 122 Å². The van der Waals surface area contributed by atoms with E-state index in [9.17, 15) is 14.4 Å². The summed E-state index contributed by atoms with van der Waals surface area (Å²) in [5.74, 6) is -2.36. The lowest BCUT2D eigenvalue weighted by Crippen LogP contribution is -2.16. The van der Waals surface area contributed by atoms with Crippen LogP contribution in [-0.2, 0) is 0 Å². The number of rotatable bonds is 5. The molecule has 0 saturated heterocycles. The van der Waals surface area contributed by atoms with E-state index in [-0.39, 0.29) is 28.4 Å². The van der Waals surface area contributed by atoms with Crippen molar-refractivity contribution in [2.45, 2.75) is 25.2 Å². The fraction of sp³-hybridized carbons (Fsp3) is 0.267. The van der Waals surface area contributed by atoms with Crippen LogP contribution in [0.25, 0.3) is 5.69 Å². The summed E-state index contributed by atoms with van der Waals surface area (Å²) in [4.78, 5) is 33.6. The van der Waals surface area contributed by atoms with Gasteiger partial charge in [-0.25, -0.2) is 14.3 Å². The summed E-state index contributed by atoms with van der Waals surface area (Å²) in [5, 5.41) is 26.0. The largest absolute Gasteiger partial charge is 0.478 e. The van der Waals surface area contributed by atoms with Crippen LogP contribution < -0.4 is 0 Å². The van der Waals surface area contributed by atoms with E-state index >= 15 is 0 Å². The molecule has 1 saturated carbocycles. The van der Waals surface area contributed by atoms with Gasteiger partial charge in [-0.1, -0.05) is 11.6 Å². The van der Waals surface area contributed by atoms with Crippen molar-refractivity contribution < 1.29 is 24.6 Å². The SMILES string of the molecule is O=Cc1nnn(-c2cc(C(=O)O)cc(C(=O)O)c2)c1C1CCC1. The Labute approximate surface area is 130 Å². The summed E-state index contributed by atoms with van der Waals surface area (Å²) >= 11 is 0. The normalized spacial score (nSPS) is 14.3. The van der Waals surface area contributed by atoms with Gasteiger partial charge in [0.15, 0.2) is 6.29 Å². The van der Waals surface area contributed by atoms with Gasteiger partial charge in [-0.05, 0) is 31.0 Å². The summed E-state index contributed by atoms with van der Waals surface area (Å²) in [6.07, 6.45) is 3.41. The summed E-state index contributed by atoms with van der Waals surface area (Å²) in [7, 11) is 0. The highest BCUT2D eigenvalue weighted by molar-refractivity contribution is 5.94. The second kappa shape index (κ2) is 5.64. The fourth-order valence-corrected chi connectivity index (χ4v) is 2.62. The number of hydrogen-bond acceptors (Lipinski definition) is 5. The molecule has 0 atom stereocenters. The predicted molar refractivity (Wildman–Crippen MR) is 77.3 cm³/mol. The standard InChI is InChI=1S/C15H13N3O5/c19-7-12-13(8-2-1-3-8)18(17-16-12)11-5-9(14(20)21)4-10(6-11)15(22)23/h4-8H,1-3H2,(H,20,21)(H,22,23). The Morgan fingerprint density at radius 2 is 1.74 bits per heavy atom. The number of carbonyl (C=O) groups excluding carboxylic acids is 1. The van der Waals surface area contributed by atoms with Gasteiger partial charge in [-0.15, -0.1) is 5.10 Å². The molecule has 0 bridgehead atoms. The van der Waals surface area contributed by atoms with Crippen molar-refractivity contribution in [2.24, 2.45) is 0 Å². The maximum Gasteiger partial charge on any atom is 0.335 e. The molecule has 0 amide bonds. The molecule has 2 aromatic rings. The number of carbonyl (C=O) groups is 3. The van der Waals surface area contributed by atoms with Gasteiger partial charge in [-0.3, -0.25) is 4.79 Å². The Morgan fingerprint density at radius 1 is 1.13 bits per heavy atom. The number of hydrogen-bond donors (Lipinski definition) is 2. The number of aromatic nitrogens is 3. The molecule has 1 aromatic carbocycles. The highest BCUT2D eigenvalue weighted by Crippen LogP contribution is 2.38. The van der Waals surface area contributed by atoms with Crippen molar-refractivity contribution in [3.63, 3.8) is 0 Å². The van der Waals surface area contributed by atoms with Crippen LogP contribution in [0.1, 0.15) is 62.1 Å². The van der Waals surface area contributed by atoms with Crippen molar-refractivity contribution >= 4 is 18.2 Å². The summed E-state index contributed by atoms with van der Waals surface area (Å²) in [6.45, 7) is 0. The second-order valence-electron chi connectivity index (χ2n) is 5.40. The Hall–Kier alpha value is -3.03. The van der Waals surface area contributed by atoms with E-state index < -0.39 is 11.9 Å². The molecule has 8 nitrogen and oxygen atoms in total. The summed E-state index contributed by atoms with van der Waals surface area (Å²) in [5.41, 5.74) is 0.743. The van der Waals surface area contributed by atoms with Gasteiger partial charge in [0, 0.05) is 5.92 Å². The third kappa shape index (κ3) is 2.59. The average Bonchev–Trinajstić information content (AvgIpc) is 2.88. The van der Waals surface area contributed by atoms with Crippen molar-refractivity contribution in [2.75, 3.05) is 0 Å². The predicted octanol–water partition coefficient (Wildman–Crippen LogP) is 1.74. The van der Waals surface area contributed by atoms with E-state index in [4.69, 9.17) is 10.2 Å². The molecule has 8 heteroatoms. The highest BCUT2D eigenvalue weighted by atomic mass is 16.4. The van der Waals surface area contributed by atoms with Crippen molar-refractivity contribution in [3.8, 4) is 5.69 Å². The molecule has 1 aliphatic rings. The molecule has 1 aromatic heterocycles. The van der Waals surface area contributed by atoms with E-state index in [0.717, 1.165) is 25.3 Å². The third-order valence-corrected chi connectivity index (χ3v) is 3.99. The molecule has 0 radical (unpaired) electrons. The third-order valence-electron chi connectivity index (χ3n) is 3.99.